The number of halogens is 2. The average Bonchev–Trinajstić information content (AvgIpc) is 2.72. The molecule has 0 bridgehead atoms. The minimum atomic E-state index is -0.580. The molecule has 0 unspecified atom stereocenters. The van der Waals surface area contributed by atoms with Crippen LogP contribution >= 0.6 is 11.8 Å². The van der Waals surface area contributed by atoms with Crippen molar-refractivity contribution in [1.29, 1.82) is 0 Å². The Morgan fingerprint density at radius 3 is 2.40 bits per heavy atom. The van der Waals surface area contributed by atoms with Gasteiger partial charge in [0.05, 0.1) is 4.90 Å². The van der Waals surface area contributed by atoms with Crippen LogP contribution in [0, 0.1) is 18.6 Å². The third-order valence-corrected chi connectivity index (χ3v) is 4.02. The van der Waals surface area contributed by atoms with Crippen molar-refractivity contribution in [1.82, 2.24) is 20.1 Å². The van der Waals surface area contributed by atoms with Crippen molar-refractivity contribution in [2.24, 2.45) is 7.05 Å². The quantitative estimate of drug-likeness (QED) is 0.921. The maximum atomic E-state index is 14.0. The smallest absolute Gasteiger partial charge is 0.195 e. The lowest BCUT2D eigenvalue weighted by Crippen LogP contribution is -2.12. The van der Waals surface area contributed by atoms with Crippen LogP contribution in [0.3, 0.4) is 0 Å². The second kappa shape index (κ2) is 6.32. The van der Waals surface area contributed by atoms with Gasteiger partial charge in [-0.05, 0) is 42.9 Å². The maximum Gasteiger partial charge on any atom is 0.195 e. The molecule has 0 saturated carbocycles. The number of benzene rings is 1. The normalized spacial score (nSPS) is 11.1. The van der Waals surface area contributed by atoms with Gasteiger partial charge in [-0.15, -0.1) is 10.2 Å². The zero-order chi connectivity index (χ0) is 14.7. The summed E-state index contributed by atoms with van der Waals surface area (Å²) in [5.74, 6) is -0.468. The van der Waals surface area contributed by atoms with E-state index in [1.807, 2.05) is 6.92 Å². The summed E-state index contributed by atoms with van der Waals surface area (Å²) in [5, 5.41) is 11.3. The van der Waals surface area contributed by atoms with Gasteiger partial charge in [-0.3, -0.25) is 0 Å². The van der Waals surface area contributed by atoms with Gasteiger partial charge < -0.3 is 9.88 Å². The molecule has 0 saturated heterocycles. The highest BCUT2D eigenvalue weighted by Crippen LogP contribution is 2.31. The van der Waals surface area contributed by atoms with Crippen molar-refractivity contribution in [2.45, 2.75) is 30.4 Å². The van der Waals surface area contributed by atoms with E-state index in [0.717, 1.165) is 18.3 Å². The van der Waals surface area contributed by atoms with Crippen LogP contribution in [-0.2, 0) is 13.6 Å². The molecule has 2 rings (SSSR count). The third-order valence-electron chi connectivity index (χ3n) is 2.88. The molecule has 0 radical (unpaired) electrons. The van der Waals surface area contributed by atoms with Crippen molar-refractivity contribution in [3.8, 4) is 0 Å². The van der Waals surface area contributed by atoms with E-state index in [9.17, 15) is 8.78 Å². The van der Waals surface area contributed by atoms with Crippen molar-refractivity contribution in [3.63, 3.8) is 0 Å². The Morgan fingerprint density at radius 1 is 1.25 bits per heavy atom. The molecule has 0 aliphatic rings. The van der Waals surface area contributed by atoms with Gasteiger partial charge >= 0.3 is 0 Å². The van der Waals surface area contributed by atoms with Crippen LogP contribution in [0.2, 0.25) is 0 Å². The first-order chi connectivity index (χ1) is 9.52. The van der Waals surface area contributed by atoms with Crippen LogP contribution < -0.4 is 5.32 Å². The van der Waals surface area contributed by atoms with Crippen molar-refractivity contribution in [3.05, 3.63) is 35.2 Å². The first-order valence-electron chi connectivity index (χ1n) is 6.25. The molecule has 108 valence electrons. The molecule has 1 aromatic carbocycles. The number of nitrogens with one attached hydrogen (secondary N) is 1. The minimum Gasteiger partial charge on any atom is -0.313 e. The zero-order valence-corrected chi connectivity index (χ0v) is 12.4. The Hall–Kier alpha value is -1.47. The fraction of sp³-hybridized carbons (Fsp3) is 0.385. The fourth-order valence-electron chi connectivity index (χ4n) is 1.65. The number of rotatable bonds is 5. The summed E-state index contributed by atoms with van der Waals surface area (Å²) in [7, 11) is 1.76. The highest BCUT2D eigenvalue weighted by atomic mass is 32.2. The van der Waals surface area contributed by atoms with Gasteiger partial charge in [0.25, 0.3) is 0 Å². The van der Waals surface area contributed by atoms with E-state index in [1.54, 1.807) is 18.5 Å². The Balaban J connectivity index is 2.26. The number of hydrogen-bond acceptors (Lipinski definition) is 4. The van der Waals surface area contributed by atoms with Crippen LogP contribution in [0.1, 0.15) is 18.3 Å². The summed E-state index contributed by atoms with van der Waals surface area (Å²) in [6.45, 7) is 4.91. The molecule has 0 atom stereocenters. The summed E-state index contributed by atoms with van der Waals surface area (Å²) in [6.07, 6.45) is 0. The minimum absolute atomic E-state index is 0.0549. The second-order valence-corrected chi connectivity index (χ2v) is 5.34. The summed E-state index contributed by atoms with van der Waals surface area (Å²) in [6, 6.07) is 2.69. The van der Waals surface area contributed by atoms with Crippen molar-refractivity contribution < 1.29 is 8.78 Å². The van der Waals surface area contributed by atoms with E-state index in [4.69, 9.17) is 0 Å². The SMILES string of the molecule is CCNCc1cc(F)c(Sc2nnc(C)n2C)c(F)c1. The van der Waals surface area contributed by atoms with Crippen LogP contribution in [0.4, 0.5) is 8.78 Å². The van der Waals surface area contributed by atoms with Gasteiger partial charge in [-0.2, -0.15) is 0 Å². The van der Waals surface area contributed by atoms with Crippen molar-refractivity contribution in [2.75, 3.05) is 6.54 Å². The fourth-order valence-corrected chi connectivity index (χ4v) is 2.50. The Labute approximate surface area is 120 Å². The Kier molecular flexibility index (Phi) is 4.72. The molecular weight excluding hydrogens is 282 g/mol. The Morgan fingerprint density at radius 2 is 1.90 bits per heavy atom. The monoisotopic (exact) mass is 298 g/mol. The van der Waals surface area contributed by atoms with Gasteiger partial charge in [0.2, 0.25) is 0 Å². The van der Waals surface area contributed by atoms with Crippen LogP contribution in [0.25, 0.3) is 0 Å². The van der Waals surface area contributed by atoms with E-state index in [0.29, 0.717) is 23.1 Å². The molecule has 0 amide bonds. The summed E-state index contributed by atoms with van der Waals surface area (Å²) in [5.41, 5.74) is 0.584. The van der Waals surface area contributed by atoms with Crippen molar-refractivity contribution >= 4 is 11.8 Å². The van der Waals surface area contributed by atoms with Gasteiger partial charge in [0.1, 0.15) is 17.5 Å². The van der Waals surface area contributed by atoms with Crippen LogP contribution in [0.15, 0.2) is 22.2 Å². The summed E-state index contributed by atoms with van der Waals surface area (Å²) < 4.78 is 29.7. The van der Waals surface area contributed by atoms with Crippen LogP contribution in [0.5, 0.6) is 0 Å². The standard InChI is InChI=1S/C13H16F2N4S/c1-4-16-7-9-5-10(14)12(11(15)6-9)20-13-18-17-8(2)19(13)3/h5-6,16H,4,7H2,1-3H3. The summed E-state index contributed by atoms with van der Waals surface area (Å²) >= 11 is 0.940. The van der Waals surface area contributed by atoms with E-state index < -0.39 is 11.6 Å². The van der Waals surface area contributed by atoms with E-state index in [1.165, 1.54) is 12.1 Å². The van der Waals surface area contributed by atoms with Gasteiger partial charge in [0, 0.05) is 13.6 Å². The molecule has 4 nitrogen and oxygen atoms in total. The molecule has 0 aliphatic heterocycles. The lowest BCUT2D eigenvalue weighted by Gasteiger charge is -2.08. The molecule has 0 fully saturated rings. The number of nitrogens with zero attached hydrogens (tertiary/aromatic N) is 3. The van der Waals surface area contributed by atoms with E-state index >= 15 is 0 Å². The number of hydrogen-bond donors (Lipinski definition) is 1. The zero-order valence-electron chi connectivity index (χ0n) is 11.6. The lowest BCUT2D eigenvalue weighted by atomic mass is 10.2. The first kappa shape index (κ1) is 14.9. The highest BCUT2D eigenvalue weighted by molar-refractivity contribution is 7.99. The maximum absolute atomic E-state index is 14.0. The van der Waals surface area contributed by atoms with E-state index in [-0.39, 0.29) is 4.90 Å². The largest absolute Gasteiger partial charge is 0.313 e. The lowest BCUT2D eigenvalue weighted by molar-refractivity contribution is 0.534. The third kappa shape index (κ3) is 3.16. The second-order valence-electron chi connectivity index (χ2n) is 4.36. The molecule has 1 aromatic heterocycles. The van der Waals surface area contributed by atoms with Gasteiger partial charge in [-0.25, -0.2) is 8.78 Å². The molecule has 20 heavy (non-hydrogen) atoms. The number of aryl methyl sites for hydroxylation is 1. The van der Waals surface area contributed by atoms with Gasteiger partial charge in [-0.1, -0.05) is 6.92 Å². The predicted molar refractivity (Wildman–Crippen MR) is 73.6 cm³/mol. The molecule has 1 N–H and O–H groups in total. The van der Waals surface area contributed by atoms with Gasteiger partial charge in [0.15, 0.2) is 5.16 Å². The molecule has 0 aliphatic carbocycles. The summed E-state index contributed by atoms with van der Waals surface area (Å²) in [4.78, 5) is -0.0549. The van der Waals surface area contributed by atoms with Crippen LogP contribution in [-0.4, -0.2) is 21.3 Å². The molecular formula is C13H16F2N4S. The molecule has 7 heteroatoms. The van der Waals surface area contributed by atoms with E-state index in [2.05, 4.69) is 15.5 Å². The number of aromatic nitrogens is 3. The predicted octanol–water partition coefficient (Wildman–Crippen LogP) is 2.66. The molecule has 2 aromatic rings. The first-order valence-corrected chi connectivity index (χ1v) is 7.07. The molecule has 1 heterocycles. The molecule has 0 spiro atoms. The highest BCUT2D eigenvalue weighted by Gasteiger charge is 2.16. The Bertz CT molecular complexity index is 589. The topological polar surface area (TPSA) is 42.7 Å². The average molecular weight is 298 g/mol.